The van der Waals surface area contributed by atoms with E-state index in [2.05, 4.69) is 10.3 Å². The minimum atomic E-state index is -1.07. The molecule has 1 atom stereocenters. The molecule has 0 spiro atoms. The molecule has 0 aliphatic rings. The molecule has 0 unspecified atom stereocenters. The second kappa shape index (κ2) is 9.71. The summed E-state index contributed by atoms with van der Waals surface area (Å²) in [4.78, 5) is 28.6. The number of benzene rings is 2. The first-order valence-corrected chi connectivity index (χ1v) is 9.67. The van der Waals surface area contributed by atoms with Crippen molar-refractivity contribution in [3.63, 3.8) is 0 Å². The Morgan fingerprint density at radius 1 is 1.22 bits per heavy atom. The van der Waals surface area contributed by atoms with E-state index in [1.807, 2.05) is 25.1 Å². The first-order valence-electron chi connectivity index (χ1n) is 9.67. The Balaban J connectivity index is 1.98. The van der Waals surface area contributed by atoms with Crippen molar-refractivity contribution in [3.8, 4) is 23.1 Å². The number of methoxy groups -OCH3 is 1. The van der Waals surface area contributed by atoms with E-state index in [4.69, 9.17) is 10.00 Å². The number of carbonyl (C=O) groups excluding carboxylic acids is 1. The molecule has 0 bridgehead atoms. The number of pyridine rings is 1. The Bertz CT molecular complexity index is 1220. The number of nitrogens with one attached hydrogen (secondary N) is 1. The molecule has 1 heterocycles. The predicted octanol–water partition coefficient (Wildman–Crippen LogP) is 4.02. The quantitative estimate of drug-likeness (QED) is 0.582. The summed E-state index contributed by atoms with van der Waals surface area (Å²) in [5.41, 5.74) is 1.78. The highest BCUT2D eigenvalue weighted by atomic mass is 19.1. The van der Waals surface area contributed by atoms with Crippen LogP contribution in [0, 0.1) is 24.1 Å². The molecule has 2 N–H and O–H groups in total. The van der Waals surface area contributed by atoms with Crippen molar-refractivity contribution in [1.82, 2.24) is 10.3 Å². The summed E-state index contributed by atoms with van der Waals surface area (Å²) in [7, 11) is 1.39. The molecule has 2 aromatic carbocycles. The van der Waals surface area contributed by atoms with Crippen LogP contribution in [0.2, 0.25) is 0 Å². The molecule has 7 nitrogen and oxygen atoms in total. The molecule has 1 aromatic heterocycles. The number of aliphatic carboxylic acids is 1. The van der Waals surface area contributed by atoms with Crippen molar-refractivity contribution < 1.29 is 23.8 Å². The maximum absolute atomic E-state index is 14.6. The Hall–Kier alpha value is -4.25. The molecule has 0 fully saturated rings. The largest absolute Gasteiger partial charge is 0.494 e. The second-order valence-electron chi connectivity index (χ2n) is 7.03. The Morgan fingerprint density at radius 2 is 1.97 bits per heavy atom. The molecule has 3 rings (SSSR count). The van der Waals surface area contributed by atoms with Gasteiger partial charge in [-0.05, 0) is 48.4 Å². The van der Waals surface area contributed by atoms with Gasteiger partial charge in [0, 0.05) is 5.56 Å². The molecule has 8 heteroatoms. The highest BCUT2D eigenvalue weighted by Gasteiger charge is 2.22. The van der Waals surface area contributed by atoms with E-state index in [1.54, 1.807) is 12.1 Å². The number of carbonyl (C=O) groups is 2. The fourth-order valence-electron chi connectivity index (χ4n) is 3.33. The van der Waals surface area contributed by atoms with Gasteiger partial charge in [-0.15, -0.1) is 0 Å². The van der Waals surface area contributed by atoms with Gasteiger partial charge in [-0.25, -0.2) is 9.37 Å². The summed E-state index contributed by atoms with van der Waals surface area (Å²) in [6, 6.07) is 15.0. The number of halogens is 1. The van der Waals surface area contributed by atoms with Gasteiger partial charge in [-0.2, -0.15) is 5.26 Å². The van der Waals surface area contributed by atoms with Crippen molar-refractivity contribution >= 4 is 11.9 Å². The van der Waals surface area contributed by atoms with Crippen LogP contribution >= 0.6 is 0 Å². The van der Waals surface area contributed by atoms with E-state index in [-0.39, 0.29) is 34.7 Å². The van der Waals surface area contributed by atoms with Crippen LogP contribution in [0.1, 0.15) is 39.6 Å². The number of amides is 1. The molecule has 3 aromatic rings. The summed E-state index contributed by atoms with van der Waals surface area (Å²) in [6.07, 6.45) is -0.316. The highest BCUT2D eigenvalue weighted by molar-refractivity contribution is 5.94. The lowest BCUT2D eigenvalue weighted by atomic mass is 9.98. The summed E-state index contributed by atoms with van der Waals surface area (Å²) < 4.78 is 19.8. The maximum Gasteiger partial charge on any atom is 0.305 e. The third-order valence-corrected chi connectivity index (χ3v) is 4.91. The number of aryl methyl sites for hydroxylation is 1. The van der Waals surface area contributed by atoms with Crippen LogP contribution in [-0.4, -0.2) is 29.1 Å². The zero-order chi connectivity index (χ0) is 23.3. The molecule has 0 aliphatic carbocycles. The maximum atomic E-state index is 14.6. The molecule has 162 valence electrons. The van der Waals surface area contributed by atoms with Crippen molar-refractivity contribution in [2.45, 2.75) is 19.4 Å². The number of nitriles is 1. The Morgan fingerprint density at radius 3 is 2.59 bits per heavy atom. The fourth-order valence-corrected chi connectivity index (χ4v) is 3.33. The summed E-state index contributed by atoms with van der Waals surface area (Å²) in [6.45, 7) is 1.83. The number of carboxylic acid groups (broad SMARTS) is 1. The zero-order valence-electron chi connectivity index (χ0n) is 17.4. The lowest BCUT2D eigenvalue weighted by Gasteiger charge is -2.19. The first kappa shape index (κ1) is 22.4. The van der Waals surface area contributed by atoms with Crippen LogP contribution in [0.15, 0.2) is 54.6 Å². The highest BCUT2D eigenvalue weighted by Crippen LogP contribution is 2.31. The average Bonchev–Trinajstić information content (AvgIpc) is 2.78. The summed E-state index contributed by atoms with van der Waals surface area (Å²) >= 11 is 0. The Kier molecular flexibility index (Phi) is 6.80. The van der Waals surface area contributed by atoms with E-state index in [0.717, 1.165) is 11.6 Å². The molecule has 0 saturated carbocycles. The van der Waals surface area contributed by atoms with E-state index in [1.165, 1.54) is 31.4 Å². The lowest BCUT2D eigenvalue weighted by Crippen LogP contribution is -2.31. The van der Waals surface area contributed by atoms with Crippen molar-refractivity contribution in [2.24, 2.45) is 0 Å². The minimum absolute atomic E-state index is 0.0338. The smallest absolute Gasteiger partial charge is 0.305 e. The van der Waals surface area contributed by atoms with E-state index in [0.29, 0.717) is 5.56 Å². The summed E-state index contributed by atoms with van der Waals surface area (Å²) in [5.74, 6) is -2.12. The first-order chi connectivity index (χ1) is 15.3. The third-order valence-electron chi connectivity index (χ3n) is 4.91. The predicted molar refractivity (Wildman–Crippen MR) is 115 cm³/mol. The van der Waals surface area contributed by atoms with Crippen LogP contribution < -0.4 is 10.1 Å². The van der Waals surface area contributed by atoms with Crippen LogP contribution in [-0.2, 0) is 4.79 Å². The molecule has 0 aliphatic heterocycles. The average molecular weight is 433 g/mol. The number of aromatic nitrogens is 1. The zero-order valence-corrected chi connectivity index (χ0v) is 17.4. The van der Waals surface area contributed by atoms with Crippen LogP contribution in [0.4, 0.5) is 4.39 Å². The lowest BCUT2D eigenvalue weighted by molar-refractivity contribution is -0.137. The van der Waals surface area contributed by atoms with Crippen LogP contribution in [0.5, 0.6) is 5.75 Å². The third kappa shape index (κ3) is 4.90. The van der Waals surface area contributed by atoms with Gasteiger partial charge in [0.2, 0.25) is 0 Å². The van der Waals surface area contributed by atoms with Crippen LogP contribution in [0.25, 0.3) is 11.3 Å². The van der Waals surface area contributed by atoms with Gasteiger partial charge < -0.3 is 15.2 Å². The standard InChI is InChI=1S/C24H20FN3O4/c1-14-5-3-4-6-16(14)20(12-22(29)30)28-24(31)19-9-10-21(32-2)23(27-19)17-8-7-15(13-26)11-18(17)25/h3-11,20H,12H2,1-2H3,(H,28,31)(H,29,30)/t20-/m0/s1. The van der Waals surface area contributed by atoms with Crippen molar-refractivity contribution in [2.75, 3.05) is 7.11 Å². The second-order valence-corrected chi connectivity index (χ2v) is 7.03. The SMILES string of the molecule is COc1ccc(C(=O)N[C@@H](CC(=O)O)c2ccccc2C)nc1-c1ccc(C#N)cc1F. The molecular weight excluding hydrogens is 413 g/mol. The number of hydrogen-bond acceptors (Lipinski definition) is 5. The van der Waals surface area contributed by atoms with Gasteiger partial charge in [0.15, 0.2) is 0 Å². The number of carboxylic acids is 1. The van der Waals surface area contributed by atoms with Gasteiger partial charge in [-0.3, -0.25) is 9.59 Å². The van der Waals surface area contributed by atoms with Crippen molar-refractivity contribution in [3.05, 3.63) is 82.8 Å². The van der Waals surface area contributed by atoms with E-state index >= 15 is 0 Å². The monoisotopic (exact) mass is 433 g/mol. The van der Waals surface area contributed by atoms with Gasteiger partial charge in [0.05, 0.1) is 31.2 Å². The van der Waals surface area contributed by atoms with Gasteiger partial charge in [-0.1, -0.05) is 24.3 Å². The molecule has 0 radical (unpaired) electrons. The van der Waals surface area contributed by atoms with Crippen LogP contribution in [0.3, 0.4) is 0 Å². The molecular formula is C24H20FN3O4. The van der Waals surface area contributed by atoms with Gasteiger partial charge in [0.1, 0.15) is 23.0 Å². The van der Waals surface area contributed by atoms with E-state index in [9.17, 15) is 19.1 Å². The number of rotatable bonds is 7. The number of nitrogens with zero attached hydrogens (tertiary/aromatic N) is 2. The Labute approximate surface area is 184 Å². The minimum Gasteiger partial charge on any atom is -0.494 e. The van der Waals surface area contributed by atoms with E-state index < -0.39 is 23.7 Å². The van der Waals surface area contributed by atoms with Crippen molar-refractivity contribution in [1.29, 1.82) is 5.26 Å². The normalized spacial score (nSPS) is 11.3. The number of hydrogen-bond donors (Lipinski definition) is 2. The summed E-state index contributed by atoms with van der Waals surface area (Å²) in [5, 5.41) is 21.0. The number of ether oxygens (including phenoxy) is 1. The fraction of sp³-hybridized carbons (Fsp3) is 0.167. The topological polar surface area (TPSA) is 112 Å². The van der Waals surface area contributed by atoms with Gasteiger partial charge >= 0.3 is 5.97 Å². The van der Waals surface area contributed by atoms with Gasteiger partial charge in [0.25, 0.3) is 5.91 Å². The molecule has 1 amide bonds. The molecule has 32 heavy (non-hydrogen) atoms. The molecule has 0 saturated heterocycles.